The van der Waals surface area contributed by atoms with Crippen LogP contribution < -0.4 is 0 Å². The standard InChI is InChI=1S/C21H25N5O/c1-25-10-6-19(7-11-25)26(15-17-4-8-22-9-5-17)16-18-13-23-21(24-14-18)20-3-2-12-27-20/h2-5,8-9,12-14,19H,6-7,10-11,15-16H2,1H3. The first-order chi connectivity index (χ1) is 13.3. The highest BCUT2D eigenvalue weighted by molar-refractivity contribution is 5.45. The summed E-state index contributed by atoms with van der Waals surface area (Å²) in [4.78, 5) is 18.1. The van der Waals surface area contributed by atoms with Gasteiger partial charge in [0, 0.05) is 49.5 Å². The Morgan fingerprint density at radius 2 is 1.74 bits per heavy atom. The minimum absolute atomic E-state index is 0.569. The molecule has 1 fully saturated rings. The molecule has 0 atom stereocenters. The molecule has 4 heterocycles. The van der Waals surface area contributed by atoms with Crippen molar-refractivity contribution in [1.82, 2.24) is 24.8 Å². The van der Waals surface area contributed by atoms with Crippen LogP contribution in [0.4, 0.5) is 0 Å². The molecule has 3 aromatic rings. The van der Waals surface area contributed by atoms with Gasteiger partial charge in [0.15, 0.2) is 11.6 Å². The fourth-order valence-corrected chi connectivity index (χ4v) is 3.60. The molecule has 0 aromatic carbocycles. The Kier molecular flexibility index (Phi) is 5.55. The summed E-state index contributed by atoms with van der Waals surface area (Å²) in [6.07, 6.45) is 11.6. The Hall–Kier alpha value is -2.57. The van der Waals surface area contributed by atoms with Gasteiger partial charge in [-0.1, -0.05) is 0 Å². The summed E-state index contributed by atoms with van der Waals surface area (Å²) in [7, 11) is 2.20. The zero-order chi connectivity index (χ0) is 18.5. The molecule has 4 rings (SSSR count). The zero-order valence-corrected chi connectivity index (χ0v) is 15.7. The zero-order valence-electron chi connectivity index (χ0n) is 15.7. The summed E-state index contributed by atoms with van der Waals surface area (Å²) in [6.45, 7) is 4.04. The van der Waals surface area contributed by atoms with Crippen molar-refractivity contribution < 1.29 is 4.42 Å². The number of rotatable bonds is 6. The van der Waals surface area contributed by atoms with Crippen LogP contribution in [0.15, 0.2) is 59.7 Å². The van der Waals surface area contributed by atoms with Crippen molar-refractivity contribution in [3.05, 3.63) is 66.4 Å². The van der Waals surface area contributed by atoms with E-state index in [1.807, 2.05) is 36.9 Å². The molecule has 0 N–H and O–H groups in total. The number of piperidine rings is 1. The summed E-state index contributed by atoms with van der Waals surface area (Å²) in [5, 5.41) is 0. The largest absolute Gasteiger partial charge is 0.461 e. The van der Waals surface area contributed by atoms with Crippen molar-refractivity contribution >= 4 is 0 Å². The molecule has 0 saturated carbocycles. The summed E-state index contributed by atoms with van der Waals surface area (Å²) < 4.78 is 5.38. The Labute approximate surface area is 159 Å². The molecule has 1 aliphatic rings. The van der Waals surface area contributed by atoms with Gasteiger partial charge >= 0.3 is 0 Å². The first-order valence-electron chi connectivity index (χ1n) is 9.44. The maximum absolute atomic E-state index is 5.38. The van der Waals surface area contributed by atoms with Gasteiger partial charge in [-0.05, 0) is 62.8 Å². The maximum Gasteiger partial charge on any atom is 0.195 e. The molecule has 1 aliphatic heterocycles. The lowest BCUT2D eigenvalue weighted by Gasteiger charge is -2.37. The average molecular weight is 363 g/mol. The van der Waals surface area contributed by atoms with Crippen molar-refractivity contribution in [1.29, 1.82) is 0 Å². The van der Waals surface area contributed by atoms with E-state index < -0.39 is 0 Å². The number of furan rings is 1. The van der Waals surface area contributed by atoms with E-state index in [-0.39, 0.29) is 0 Å². The van der Waals surface area contributed by atoms with E-state index in [1.165, 1.54) is 18.4 Å². The van der Waals surface area contributed by atoms with E-state index in [0.717, 1.165) is 31.7 Å². The van der Waals surface area contributed by atoms with Crippen LogP contribution in [0.2, 0.25) is 0 Å². The molecule has 0 aliphatic carbocycles. The normalized spacial score (nSPS) is 16.1. The summed E-state index contributed by atoms with van der Waals surface area (Å²) in [5.74, 6) is 1.33. The molecular weight excluding hydrogens is 338 g/mol. The van der Waals surface area contributed by atoms with Crippen molar-refractivity contribution in [2.45, 2.75) is 32.0 Å². The van der Waals surface area contributed by atoms with Crippen molar-refractivity contribution in [3.8, 4) is 11.6 Å². The third-order valence-corrected chi connectivity index (χ3v) is 5.17. The third kappa shape index (κ3) is 4.59. The lowest BCUT2D eigenvalue weighted by atomic mass is 10.0. The Balaban J connectivity index is 1.49. The highest BCUT2D eigenvalue weighted by Crippen LogP contribution is 2.21. The number of nitrogens with zero attached hydrogens (tertiary/aromatic N) is 5. The lowest BCUT2D eigenvalue weighted by molar-refractivity contribution is 0.108. The van der Waals surface area contributed by atoms with Crippen LogP contribution in [-0.4, -0.2) is 50.9 Å². The average Bonchev–Trinajstić information content (AvgIpc) is 3.24. The number of aromatic nitrogens is 3. The first-order valence-corrected chi connectivity index (χ1v) is 9.44. The number of hydrogen-bond acceptors (Lipinski definition) is 6. The van der Waals surface area contributed by atoms with E-state index >= 15 is 0 Å². The van der Waals surface area contributed by atoms with Gasteiger partial charge in [0.2, 0.25) is 0 Å². The van der Waals surface area contributed by atoms with Crippen LogP contribution in [0.25, 0.3) is 11.6 Å². The molecule has 3 aromatic heterocycles. The Bertz CT molecular complexity index is 812. The SMILES string of the molecule is CN1CCC(N(Cc2ccncc2)Cc2cnc(-c3ccco3)nc2)CC1. The van der Waals surface area contributed by atoms with Gasteiger partial charge in [0.25, 0.3) is 0 Å². The predicted octanol–water partition coefficient (Wildman–Crippen LogP) is 3.23. The second-order valence-electron chi connectivity index (χ2n) is 7.19. The molecule has 6 heteroatoms. The molecule has 140 valence electrons. The Morgan fingerprint density at radius 1 is 1.04 bits per heavy atom. The minimum Gasteiger partial charge on any atom is -0.461 e. The van der Waals surface area contributed by atoms with Gasteiger partial charge in [-0.2, -0.15) is 0 Å². The fourth-order valence-electron chi connectivity index (χ4n) is 3.60. The maximum atomic E-state index is 5.38. The molecule has 0 spiro atoms. The fraction of sp³-hybridized carbons (Fsp3) is 0.381. The van der Waals surface area contributed by atoms with Gasteiger partial charge in [-0.25, -0.2) is 9.97 Å². The number of pyridine rings is 1. The highest BCUT2D eigenvalue weighted by atomic mass is 16.3. The quantitative estimate of drug-likeness (QED) is 0.670. The van der Waals surface area contributed by atoms with Crippen molar-refractivity contribution in [2.75, 3.05) is 20.1 Å². The third-order valence-electron chi connectivity index (χ3n) is 5.17. The Morgan fingerprint density at radius 3 is 2.41 bits per heavy atom. The van der Waals surface area contributed by atoms with E-state index in [9.17, 15) is 0 Å². The van der Waals surface area contributed by atoms with Crippen LogP contribution in [0, 0.1) is 0 Å². The summed E-state index contributed by atoms with van der Waals surface area (Å²) in [6, 6.07) is 8.49. The lowest BCUT2D eigenvalue weighted by Crippen LogP contribution is -2.43. The minimum atomic E-state index is 0.569. The molecule has 27 heavy (non-hydrogen) atoms. The molecule has 0 radical (unpaired) electrons. The van der Waals surface area contributed by atoms with Gasteiger partial charge in [0.1, 0.15) is 0 Å². The highest BCUT2D eigenvalue weighted by Gasteiger charge is 2.23. The van der Waals surface area contributed by atoms with Gasteiger partial charge in [-0.3, -0.25) is 9.88 Å². The second kappa shape index (κ2) is 8.41. The van der Waals surface area contributed by atoms with E-state index in [2.05, 4.69) is 43.9 Å². The van der Waals surface area contributed by atoms with Crippen LogP contribution in [0.5, 0.6) is 0 Å². The number of hydrogen-bond donors (Lipinski definition) is 0. The molecule has 0 bridgehead atoms. The first kappa shape index (κ1) is 17.8. The molecular formula is C21H25N5O. The van der Waals surface area contributed by atoms with Crippen molar-refractivity contribution in [3.63, 3.8) is 0 Å². The van der Waals surface area contributed by atoms with Crippen LogP contribution in [-0.2, 0) is 13.1 Å². The number of likely N-dealkylation sites (tertiary alicyclic amines) is 1. The predicted molar refractivity (Wildman–Crippen MR) is 104 cm³/mol. The van der Waals surface area contributed by atoms with E-state index in [1.54, 1.807) is 6.26 Å². The molecule has 0 unspecified atom stereocenters. The topological polar surface area (TPSA) is 58.3 Å². The van der Waals surface area contributed by atoms with Crippen LogP contribution >= 0.6 is 0 Å². The monoisotopic (exact) mass is 363 g/mol. The van der Waals surface area contributed by atoms with E-state index in [0.29, 0.717) is 17.6 Å². The van der Waals surface area contributed by atoms with Crippen LogP contribution in [0.3, 0.4) is 0 Å². The summed E-state index contributed by atoms with van der Waals surface area (Å²) in [5.41, 5.74) is 2.41. The second-order valence-corrected chi connectivity index (χ2v) is 7.19. The molecule has 6 nitrogen and oxygen atoms in total. The van der Waals surface area contributed by atoms with Gasteiger partial charge in [0.05, 0.1) is 6.26 Å². The molecule has 1 saturated heterocycles. The van der Waals surface area contributed by atoms with Gasteiger partial charge in [-0.15, -0.1) is 0 Å². The van der Waals surface area contributed by atoms with Gasteiger partial charge < -0.3 is 9.32 Å². The molecule has 0 amide bonds. The smallest absolute Gasteiger partial charge is 0.195 e. The van der Waals surface area contributed by atoms with Crippen LogP contribution in [0.1, 0.15) is 24.0 Å². The van der Waals surface area contributed by atoms with E-state index in [4.69, 9.17) is 4.42 Å². The summed E-state index contributed by atoms with van der Waals surface area (Å²) >= 11 is 0. The van der Waals surface area contributed by atoms with Crippen molar-refractivity contribution in [2.24, 2.45) is 0 Å².